The van der Waals surface area contributed by atoms with Gasteiger partial charge in [0.2, 0.25) is 17.7 Å². The van der Waals surface area contributed by atoms with Gasteiger partial charge in [-0.1, -0.05) is 73.2 Å². The van der Waals surface area contributed by atoms with Crippen LogP contribution in [0.3, 0.4) is 0 Å². The second kappa shape index (κ2) is 31.0. The first-order valence-electron chi connectivity index (χ1n) is 23.4. The molecule has 0 bridgehead atoms. The SMILES string of the molecule is O=C(COC1C#CCCCCC1)NCCN(CCNC(=O)COC1C#CCCCCC1)C(=O)CCOCCOCCOCCOCCNC(=O)OCC1c2ccccc2-c2ccccc21. The molecule has 2 aromatic rings. The standard InChI is InChI=1S/C50H68N4O11/c55-47(38-63-40-15-7-3-1-4-8-16-40)51-24-27-54(28-25-52-48(56)39-64-41-17-9-5-2-6-10-18-41)49(57)23-29-59-31-33-61-35-36-62-34-32-60-30-26-53-50(58)65-37-46-44-21-13-11-19-42(44)43-20-12-14-22-45(43)46/h11-14,19-22,40-41,46H,1-7,9,15,17,23-39H2,(H,51,55)(H,52,56)(H,53,58). The summed E-state index contributed by atoms with van der Waals surface area (Å²) >= 11 is 0. The summed E-state index contributed by atoms with van der Waals surface area (Å²) in [6.07, 6.45) is 8.92. The number of amides is 4. The number of rotatable bonds is 29. The first-order valence-corrected chi connectivity index (χ1v) is 23.4. The lowest BCUT2D eigenvalue weighted by Gasteiger charge is -2.23. The van der Waals surface area contributed by atoms with Crippen molar-refractivity contribution in [1.29, 1.82) is 0 Å². The lowest BCUT2D eigenvalue weighted by molar-refractivity contribution is -0.134. The van der Waals surface area contributed by atoms with E-state index in [0.29, 0.717) is 52.8 Å². The van der Waals surface area contributed by atoms with Gasteiger partial charge >= 0.3 is 6.09 Å². The molecular formula is C50H68N4O11. The maximum absolute atomic E-state index is 13.2. The molecule has 3 aliphatic carbocycles. The van der Waals surface area contributed by atoms with Gasteiger partial charge in [-0.05, 0) is 60.8 Å². The van der Waals surface area contributed by atoms with Crippen LogP contribution in [0, 0.1) is 23.7 Å². The van der Waals surface area contributed by atoms with E-state index >= 15 is 0 Å². The maximum Gasteiger partial charge on any atom is 0.407 e. The van der Waals surface area contributed by atoms with E-state index < -0.39 is 6.09 Å². The molecular weight excluding hydrogens is 833 g/mol. The number of carbonyl (C=O) groups excluding carboxylic acids is 4. The van der Waals surface area contributed by atoms with E-state index in [-0.39, 0.29) is 94.9 Å². The molecule has 3 aliphatic rings. The average molecular weight is 901 g/mol. The lowest BCUT2D eigenvalue weighted by atomic mass is 9.98. The van der Waals surface area contributed by atoms with Crippen LogP contribution in [0.1, 0.15) is 87.7 Å². The highest BCUT2D eigenvalue weighted by atomic mass is 16.6. The molecule has 15 nitrogen and oxygen atoms in total. The molecule has 0 aliphatic heterocycles. The molecule has 3 N–H and O–H groups in total. The van der Waals surface area contributed by atoms with Gasteiger partial charge in [-0.25, -0.2) is 4.79 Å². The van der Waals surface area contributed by atoms with E-state index in [1.165, 1.54) is 22.3 Å². The number of benzene rings is 2. The van der Waals surface area contributed by atoms with Gasteiger partial charge in [0.25, 0.3) is 0 Å². The molecule has 4 amide bonds. The van der Waals surface area contributed by atoms with Crippen molar-refractivity contribution < 1.29 is 52.3 Å². The number of ether oxygens (including phenoxy) is 7. The van der Waals surface area contributed by atoms with Crippen molar-refractivity contribution in [3.05, 3.63) is 59.7 Å². The zero-order valence-electron chi connectivity index (χ0n) is 37.9. The Morgan fingerprint density at radius 3 is 1.60 bits per heavy atom. The maximum atomic E-state index is 13.2. The zero-order valence-corrected chi connectivity index (χ0v) is 37.9. The number of fused-ring (bicyclic) bond motifs is 3. The Kier molecular flexibility index (Phi) is 24.3. The third-order valence-corrected chi connectivity index (χ3v) is 11.1. The highest BCUT2D eigenvalue weighted by molar-refractivity contribution is 5.80. The van der Waals surface area contributed by atoms with Crippen molar-refractivity contribution in [3.63, 3.8) is 0 Å². The van der Waals surface area contributed by atoms with Gasteiger partial charge in [0.05, 0.1) is 59.3 Å². The summed E-state index contributed by atoms with van der Waals surface area (Å²) in [5.41, 5.74) is 4.70. The van der Waals surface area contributed by atoms with Gasteiger partial charge < -0.3 is 54.0 Å². The Bertz CT molecular complexity index is 1790. The molecule has 354 valence electrons. The fraction of sp³-hybridized carbons (Fsp3) is 0.600. The van der Waals surface area contributed by atoms with E-state index in [0.717, 1.165) is 64.2 Å². The summed E-state index contributed by atoms with van der Waals surface area (Å²) in [6.45, 7) is 3.99. The fourth-order valence-corrected chi connectivity index (χ4v) is 7.64. The average Bonchev–Trinajstić information content (AvgIpc) is 3.61. The van der Waals surface area contributed by atoms with Gasteiger partial charge in [-0.15, -0.1) is 11.8 Å². The van der Waals surface area contributed by atoms with Crippen molar-refractivity contribution in [2.45, 2.75) is 88.8 Å². The highest BCUT2D eigenvalue weighted by Gasteiger charge is 2.29. The Morgan fingerprint density at radius 2 is 1.06 bits per heavy atom. The van der Waals surface area contributed by atoms with Gasteiger partial charge in [0.1, 0.15) is 32.0 Å². The monoisotopic (exact) mass is 900 g/mol. The predicted molar refractivity (Wildman–Crippen MR) is 245 cm³/mol. The Morgan fingerprint density at radius 1 is 0.569 bits per heavy atom. The number of nitrogens with zero attached hydrogens (tertiary/aromatic N) is 1. The van der Waals surface area contributed by atoms with Gasteiger partial charge in [0.15, 0.2) is 0 Å². The molecule has 2 atom stereocenters. The number of hydrogen-bond acceptors (Lipinski definition) is 11. The molecule has 0 spiro atoms. The number of hydrogen-bond donors (Lipinski definition) is 3. The van der Waals surface area contributed by atoms with E-state index in [1.807, 2.05) is 24.3 Å². The van der Waals surface area contributed by atoms with Crippen molar-refractivity contribution in [1.82, 2.24) is 20.9 Å². The van der Waals surface area contributed by atoms with Crippen LogP contribution >= 0.6 is 0 Å². The van der Waals surface area contributed by atoms with E-state index in [1.54, 1.807) is 4.90 Å². The molecule has 0 saturated carbocycles. The lowest BCUT2D eigenvalue weighted by Crippen LogP contribution is -2.44. The largest absolute Gasteiger partial charge is 0.449 e. The van der Waals surface area contributed by atoms with Crippen LogP contribution < -0.4 is 16.0 Å². The summed E-state index contributed by atoms with van der Waals surface area (Å²) in [5, 5.41) is 8.40. The molecule has 5 rings (SSSR count). The minimum absolute atomic E-state index is 0.00930. The molecule has 0 fully saturated rings. The minimum Gasteiger partial charge on any atom is -0.449 e. The highest BCUT2D eigenvalue weighted by Crippen LogP contribution is 2.44. The smallest absolute Gasteiger partial charge is 0.407 e. The van der Waals surface area contributed by atoms with Crippen molar-refractivity contribution in [2.24, 2.45) is 0 Å². The number of nitrogens with one attached hydrogen (secondary N) is 3. The molecule has 0 radical (unpaired) electrons. The number of carbonyl (C=O) groups is 4. The van der Waals surface area contributed by atoms with E-state index in [2.05, 4.69) is 63.9 Å². The van der Waals surface area contributed by atoms with Crippen LogP contribution in [0.2, 0.25) is 0 Å². The molecule has 0 heterocycles. The Balaban J connectivity index is 0.871. The summed E-state index contributed by atoms with van der Waals surface area (Å²) in [6, 6.07) is 16.4. The second-order valence-corrected chi connectivity index (χ2v) is 16.0. The molecule has 15 heteroatoms. The minimum atomic E-state index is -0.479. The van der Waals surface area contributed by atoms with Crippen LogP contribution in [-0.2, 0) is 47.5 Å². The Labute approximate surface area is 384 Å². The topological polar surface area (TPSA) is 172 Å². The fourth-order valence-electron chi connectivity index (χ4n) is 7.64. The molecule has 0 saturated heterocycles. The van der Waals surface area contributed by atoms with E-state index in [4.69, 9.17) is 33.2 Å². The molecule has 0 aromatic heterocycles. The summed E-state index contributed by atoms with van der Waals surface area (Å²) < 4.78 is 39.4. The van der Waals surface area contributed by atoms with Crippen LogP contribution in [0.25, 0.3) is 11.1 Å². The Hall–Kier alpha value is -5.00. The van der Waals surface area contributed by atoms with Crippen molar-refractivity contribution in [2.75, 3.05) is 105 Å². The van der Waals surface area contributed by atoms with Crippen molar-refractivity contribution >= 4 is 23.8 Å². The number of alkyl carbamates (subject to hydrolysis) is 1. The van der Waals surface area contributed by atoms with Crippen LogP contribution in [-0.4, -0.2) is 146 Å². The van der Waals surface area contributed by atoms with Gasteiger partial charge in [0, 0.05) is 51.5 Å². The first kappa shape index (κ1) is 51.0. The zero-order chi connectivity index (χ0) is 45.6. The van der Waals surface area contributed by atoms with Crippen LogP contribution in [0.4, 0.5) is 4.79 Å². The van der Waals surface area contributed by atoms with Gasteiger partial charge in [-0.3, -0.25) is 14.4 Å². The summed E-state index contributed by atoms with van der Waals surface area (Å²) in [7, 11) is 0. The third-order valence-electron chi connectivity index (χ3n) is 11.1. The quantitative estimate of drug-likeness (QED) is 0.0761. The van der Waals surface area contributed by atoms with Crippen molar-refractivity contribution in [3.8, 4) is 34.8 Å². The summed E-state index contributed by atoms with van der Waals surface area (Å²) in [5.74, 6) is 11.7. The summed E-state index contributed by atoms with van der Waals surface area (Å²) in [4.78, 5) is 52.3. The molecule has 2 aromatic carbocycles. The first-order chi connectivity index (χ1) is 32.0. The van der Waals surface area contributed by atoms with E-state index in [9.17, 15) is 19.2 Å². The third kappa shape index (κ3) is 20.0. The predicted octanol–water partition coefficient (Wildman–Crippen LogP) is 4.75. The van der Waals surface area contributed by atoms with Crippen LogP contribution in [0.5, 0.6) is 0 Å². The molecule has 65 heavy (non-hydrogen) atoms. The molecule has 2 unspecified atom stereocenters. The van der Waals surface area contributed by atoms with Gasteiger partial charge in [-0.2, -0.15) is 0 Å². The second-order valence-electron chi connectivity index (χ2n) is 16.0. The van der Waals surface area contributed by atoms with Crippen LogP contribution in [0.15, 0.2) is 48.5 Å². The normalized spacial score (nSPS) is 16.7.